The van der Waals surface area contributed by atoms with Gasteiger partial charge in [0.05, 0.1) is 6.10 Å². The highest BCUT2D eigenvalue weighted by molar-refractivity contribution is 5.28. The highest BCUT2D eigenvalue weighted by Gasteiger charge is 2.13. The summed E-state index contributed by atoms with van der Waals surface area (Å²) in [5, 5.41) is 3.41. The molecule has 1 rings (SSSR count). The molecule has 0 saturated heterocycles. The number of unbranched alkanes of at least 4 members (excludes halogenated alkanes) is 4. The lowest BCUT2D eigenvalue weighted by Gasteiger charge is -2.20. The van der Waals surface area contributed by atoms with Gasteiger partial charge in [-0.05, 0) is 31.0 Å². The molecule has 0 saturated carbocycles. The van der Waals surface area contributed by atoms with Crippen molar-refractivity contribution >= 4 is 0 Å². The fraction of sp³-hybridized carbons (Fsp3) is 0.667. The molecule has 1 atom stereocenters. The van der Waals surface area contributed by atoms with Gasteiger partial charge in [0.2, 0.25) is 0 Å². The molecule has 1 aromatic carbocycles. The maximum Gasteiger partial charge on any atom is 0.0951 e. The van der Waals surface area contributed by atoms with Crippen molar-refractivity contribution in [3.63, 3.8) is 0 Å². The van der Waals surface area contributed by atoms with E-state index in [-0.39, 0.29) is 6.10 Å². The van der Waals surface area contributed by atoms with E-state index >= 15 is 0 Å². The van der Waals surface area contributed by atoms with Gasteiger partial charge in [0, 0.05) is 13.2 Å². The molecule has 0 aromatic heterocycles. The molecular weight excluding hydrogens is 246 g/mol. The van der Waals surface area contributed by atoms with Gasteiger partial charge in [0.25, 0.3) is 0 Å². The van der Waals surface area contributed by atoms with E-state index in [1.165, 1.54) is 43.2 Å². The summed E-state index contributed by atoms with van der Waals surface area (Å²) in [5.74, 6) is 0. The van der Waals surface area contributed by atoms with Crippen LogP contribution in [-0.2, 0) is 4.74 Å². The molecule has 20 heavy (non-hydrogen) atoms. The predicted molar refractivity (Wildman–Crippen MR) is 87.2 cm³/mol. The van der Waals surface area contributed by atoms with E-state index in [1.807, 2.05) is 0 Å². The average Bonchev–Trinajstić information content (AvgIpc) is 2.47. The van der Waals surface area contributed by atoms with Gasteiger partial charge >= 0.3 is 0 Å². The van der Waals surface area contributed by atoms with Gasteiger partial charge in [0.1, 0.15) is 0 Å². The lowest BCUT2D eigenvalue weighted by Crippen LogP contribution is -2.24. The Morgan fingerprint density at radius 1 is 1.05 bits per heavy atom. The molecule has 0 bridgehead atoms. The second-order valence-electron chi connectivity index (χ2n) is 5.44. The van der Waals surface area contributed by atoms with E-state index in [9.17, 15) is 0 Å². The van der Waals surface area contributed by atoms with Gasteiger partial charge in [-0.2, -0.15) is 0 Å². The molecule has 0 aliphatic rings. The molecule has 1 aromatic rings. The largest absolute Gasteiger partial charge is 0.372 e. The highest BCUT2D eigenvalue weighted by atomic mass is 16.5. The molecule has 1 N–H and O–H groups in total. The molecular formula is C18H31NO. The summed E-state index contributed by atoms with van der Waals surface area (Å²) in [7, 11) is 0. The molecule has 0 spiro atoms. The minimum Gasteiger partial charge on any atom is -0.372 e. The SMILES string of the molecule is CCCCCCCOC(CNCC)c1ccccc1C. The van der Waals surface area contributed by atoms with Crippen LogP contribution in [0.15, 0.2) is 24.3 Å². The fourth-order valence-corrected chi connectivity index (χ4v) is 2.41. The van der Waals surface area contributed by atoms with Crippen LogP contribution in [0.1, 0.15) is 63.2 Å². The first-order valence-corrected chi connectivity index (χ1v) is 8.17. The van der Waals surface area contributed by atoms with Crippen LogP contribution in [0.3, 0.4) is 0 Å². The van der Waals surface area contributed by atoms with Crippen molar-refractivity contribution in [1.29, 1.82) is 0 Å². The van der Waals surface area contributed by atoms with Crippen molar-refractivity contribution < 1.29 is 4.74 Å². The molecule has 0 fully saturated rings. The standard InChI is InChI=1S/C18H31NO/c1-4-6-7-8-11-14-20-18(15-19-5-2)17-13-10-9-12-16(17)3/h9-10,12-13,18-19H,4-8,11,14-15H2,1-3H3. The lowest BCUT2D eigenvalue weighted by atomic mass is 10.0. The molecule has 0 amide bonds. The van der Waals surface area contributed by atoms with Gasteiger partial charge in [-0.25, -0.2) is 0 Å². The summed E-state index contributed by atoms with van der Waals surface area (Å²) >= 11 is 0. The third-order valence-electron chi connectivity index (χ3n) is 3.68. The number of hydrogen-bond acceptors (Lipinski definition) is 2. The maximum atomic E-state index is 6.13. The number of benzene rings is 1. The van der Waals surface area contributed by atoms with Crippen molar-refractivity contribution in [2.45, 2.75) is 59.0 Å². The quantitative estimate of drug-likeness (QED) is 0.595. The van der Waals surface area contributed by atoms with Gasteiger partial charge < -0.3 is 10.1 Å². The Morgan fingerprint density at radius 3 is 2.50 bits per heavy atom. The number of rotatable bonds is 11. The Kier molecular flexibility index (Phi) is 9.35. The van der Waals surface area contributed by atoms with Crippen molar-refractivity contribution in [1.82, 2.24) is 5.32 Å². The van der Waals surface area contributed by atoms with Gasteiger partial charge in [0.15, 0.2) is 0 Å². The van der Waals surface area contributed by atoms with Crippen LogP contribution >= 0.6 is 0 Å². The summed E-state index contributed by atoms with van der Waals surface area (Å²) in [5.41, 5.74) is 2.64. The van der Waals surface area contributed by atoms with E-state index in [0.717, 1.165) is 19.7 Å². The van der Waals surface area contributed by atoms with E-state index in [0.29, 0.717) is 0 Å². The smallest absolute Gasteiger partial charge is 0.0951 e. The zero-order valence-electron chi connectivity index (χ0n) is 13.5. The van der Waals surface area contributed by atoms with Crippen LogP contribution in [0.4, 0.5) is 0 Å². The minimum absolute atomic E-state index is 0.183. The van der Waals surface area contributed by atoms with Crippen LogP contribution in [0, 0.1) is 6.92 Å². The Hall–Kier alpha value is -0.860. The van der Waals surface area contributed by atoms with Crippen LogP contribution in [-0.4, -0.2) is 19.7 Å². The molecule has 0 aliphatic heterocycles. The van der Waals surface area contributed by atoms with Crippen molar-refractivity contribution in [3.05, 3.63) is 35.4 Å². The third kappa shape index (κ3) is 6.53. The van der Waals surface area contributed by atoms with Crippen LogP contribution in [0.5, 0.6) is 0 Å². The Bertz CT molecular complexity index is 351. The summed E-state index contributed by atoms with van der Waals surface area (Å²) in [6.07, 6.45) is 6.63. The molecule has 114 valence electrons. The third-order valence-corrected chi connectivity index (χ3v) is 3.68. The zero-order valence-corrected chi connectivity index (χ0v) is 13.5. The topological polar surface area (TPSA) is 21.3 Å². The van der Waals surface area contributed by atoms with Crippen LogP contribution in [0.25, 0.3) is 0 Å². The highest BCUT2D eigenvalue weighted by Crippen LogP contribution is 2.21. The lowest BCUT2D eigenvalue weighted by molar-refractivity contribution is 0.0498. The summed E-state index contributed by atoms with van der Waals surface area (Å²) < 4.78 is 6.13. The number of hydrogen-bond donors (Lipinski definition) is 1. The van der Waals surface area contributed by atoms with Gasteiger partial charge in [-0.1, -0.05) is 63.8 Å². The molecule has 2 heteroatoms. The second-order valence-corrected chi connectivity index (χ2v) is 5.44. The predicted octanol–water partition coefficient (Wildman–Crippen LogP) is 4.63. The van der Waals surface area contributed by atoms with Crippen molar-refractivity contribution in [2.75, 3.05) is 19.7 Å². The Morgan fingerprint density at radius 2 is 1.80 bits per heavy atom. The van der Waals surface area contributed by atoms with E-state index in [4.69, 9.17) is 4.74 Å². The first kappa shape index (κ1) is 17.2. The summed E-state index contributed by atoms with van der Waals surface area (Å²) in [6, 6.07) is 8.55. The van der Waals surface area contributed by atoms with Crippen LogP contribution < -0.4 is 5.32 Å². The van der Waals surface area contributed by atoms with Crippen molar-refractivity contribution in [3.8, 4) is 0 Å². The normalized spacial score (nSPS) is 12.6. The first-order valence-electron chi connectivity index (χ1n) is 8.17. The fourth-order valence-electron chi connectivity index (χ4n) is 2.41. The monoisotopic (exact) mass is 277 g/mol. The number of likely N-dealkylation sites (N-methyl/N-ethyl adjacent to an activating group) is 1. The molecule has 2 nitrogen and oxygen atoms in total. The number of aryl methyl sites for hydroxylation is 1. The Labute approximate surface area is 124 Å². The maximum absolute atomic E-state index is 6.13. The van der Waals surface area contributed by atoms with E-state index < -0.39 is 0 Å². The van der Waals surface area contributed by atoms with Gasteiger partial charge in [-0.15, -0.1) is 0 Å². The number of ether oxygens (including phenoxy) is 1. The molecule has 0 aliphatic carbocycles. The summed E-state index contributed by atoms with van der Waals surface area (Å²) in [6.45, 7) is 9.31. The first-order chi connectivity index (χ1) is 9.79. The van der Waals surface area contributed by atoms with E-state index in [1.54, 1.807) is 0 Å². The Balaban J connectivity index is 2.42. The molecule has 0 radical (unpaired) electrons. The van der Waals surface area contributed by atoms with Crippen LogP contribution in [0.2, 0.25) is 0 Å². The minimum atomic E-state index is 0.183. The zero-order chi connectivity index (χ0) is 14.6. The van der Waals surface area contributed by atoms with Gasteiger partial charge in [-0.3, -0.25) is 0 Å². The number of nitrogens with one attached hydrogen (secondary N) is 1. The van der Waals surface area contributed by atoms with Crippen molar-refractivity contribution in [2.24, 2.45) is 0 Å². The summed E-state index contributed by atoms with van der Waals surface area (Å²) in [4.78, 5) is 0. The van der Waals surface area contributed by atoms with E-state index in [2.05, 4.69) is 50.4 Å². The molecule has 1 unspecified atom stereocenters. The second kappa shape index (κ2) is 10.9. The molecule has 0 heterocycles. The average molecular weight is 277 g/mol.